The molecule has 1 aliphatic rings. The van der Waals surface area contributed by atoms with E-state index in [0.29, 0.717) is 20.7 Å². The molecule has 0 aliphatic carbocycles. The number of hydrogen-bond acceptors (Lipinski definition) is 5. The van der Waals surface area contributed by atoms with Crippen molar-refractivity contribution in [1.29, 1.82) is 0 Å². The van der Waals surface area contributed by atoms with Crippen molar-refractivity contribution in [2.75, 3.05) is 19.1 Å². The number of methoxy groups -OCH3 is 2. The maximum Gasteiger partial charge on any atom is 0.270 e. The van der Waals surface area contributed by atoms with Gasteiger partial charge in [0.2, 0.25) is 0 Å². The number of thioether (sulfide) groups is 1. The Labute approximate surface area is 162 Å². The van der Waals surface area contributed by atoms with Gasteiger partial charge in [0.25, 0.3) is 5.91 Å². The number of aryl methyl sites for hydroxylation is 1. The van der Waals surface area contributed by atoms with Crippen LogP contribution in [0.3, 0.4) is 0 Å². The Morgan fingerprint density at radius 2 is 1.77 bits per heavy atom. The number of hydrogen-bond donors (Lipinski definition) is 0. The Hall–Kier alpha value is -2.31. The zero-order valence-corrected chi connectivity index (χ0v) is 16.4. The van der Waals surface area contributed by atoms with Gasteiger partial charge >= 0.3 is 0 Å². The van der Waals surface area contributed by atoms with Gasteiger partial charge in [0, 0.05) is 0 Å². The fourth-order valence-corrected chi connectivity index (χ4v) is 3.96. The summed E-state index contributed by atoms with van der Waals surface area (Å²) in [7, 11) is 3.17. The van der Waals surface area contributed by atoms with Crippen molar-refractivity contribution >= 4 is 46.0 Å². The summed E-state index contributed by atoms with van der Waals surface area (Å²) in [5.74, 6) is 1.15. The molecule has 4 nitrogen and oxygen atoms in total. The molecule has 134 valence electrons. The molecular formula is C20H19NO3S2. The van der Waals surface area contributed by atoms with Crippen LogP contribution >= 0.6 is 24.0 Å². The summed E-state index contributed by atoms with van der Waals surface area (Å²) < 4.78 is 11.1. The molecule has 0 spiro atoms. The van der Waals surface area contributed by atoms with Crippen molar-refractivity contribution in [2.45, 2.75) is 13.3 Å². The Balaban J connectivity index is 1.89. The molecule has 0 N–H and O–H groups in total. The summed E-state index contributed by atoms with van der Waals surface area (Å²) in [6.45, 7) is 2.10. The fraction of sp³-hybridized carbons (Fsp3) is 0.200. The molecule has 0 atom stereocenters. The molecule has 0 unspecified atom stereocenters. The number of anilines is 1. The monoisotopic (exact) mass is 385 g/mol. The third kappa shape index (κ3) is 3.61. The Bertz CT molecular complexity index is 875. The Morgan fingerprint density at radius 1 is 1.08 bits per heavy atom. The highest BCUT2D eigenvalue weighted by molar-refractivity contribution is 8.27. The molecule has 1 amide bonds. The van der Waals surface area contributed by atoms with Gasteiger partial charge in [0.15, 0.2) is 15.8 Å². The quantitative estimate of drug-likeness (QED) is 0.552. The molecule has 0 saturated carbocycles. The van der Waals surface area contributed by atoms with Crippen LogP contribution in [0.5, 0.6) is 11.5 Å². The molecule has 1 saturated heterocycles. The molecule has 0 radical (unpaired) electrons. The van der Waals surface area contributed by atoms with Crippen molar-refractivity contribution < 1.29 is 14.3 Å². The molecular weight excluding hydrogens is 366 g/mol. The van der Waals surface area contributed by atoms with Crippen molar-refractivity contribution in [2.24, 2.45) is 0 Å². The topological polar surface area (TPSA) is 38.8 Å². The number of ether oxygens (including phenoxy) is 2. The smallest absolute Gasteiger partial charge is 0.270 e. The van der Waals surface area contributed by atoms with E-state index in [-0.39, 0.29) is 5.91 Å². The number of rotatable bonds is 5. The lowest BCUT2D eigenvalue weighted by Crippen LogP contribution is -2.27. The van der Waals surface area contributed by atoms with Crippen molar-refractivity contribution in [3.63, 3.8) is 0 Å². The second-order valence-electron chi connectivity index (χ2n) is 5.65. The number of carbonyl (C=O) groups excluding carboxylic acids is 1. The van der Waals surface area contributed by atoms with Gasteiger partial charge < -0.3 is 9.47 Å². The van der Waals surface area contributed by atoms with E-state index in [2.05, 4.69) is 6.92 Å². The second-order valence-corrected chi connectivity index (χ2v) is 7.33. The van der Waals surface area contributed by atoms with Gasteiger partial charge in [-0.3, -0.25) is 9.69 Å². The van der Waals surface area contributed by atoms with Crippen LogP contribution in [0.1, 0.15) is 18.1 Å². The van der Waals surface area contributed by atoms with Gasteiger partial charge in [-0.05, 0) is 47.9 Å². The molecule has 6 heteroatoms. The van der Waals surface area contributed by atoms with Gasteiger partial charge in [0.1, 0.15) is 0 Å². The third-order valence-corrected chi connectivity index (χ3v) is 5.40. The first-order valence-corrected chi connectivity index (χ1v) is 9.38. The van der Waals surface area contributed by atoms with Crippen LogP contribution in [-0.4, -0.2) is 24.4 Å². The third-order valence-electron chi connectivity index (χ3n) is 4.10. The zero-order valence-electron chi connectivity index (χ0n) is 14.8. The molecule has 0 aromatic heterocycles. The largest absolute Gasteiger partial charge is 0.493 e. The van der Waals surface area contributed by atoms with Gasteiger partial charge in [-0.2, -0.15) is 0 Å². The van der Waals surface area contributed by atoms with E-state index in [1.807, 2.05) is 48.5 Å². The van der Waals surface area contributed by atoms with Gasteiger partial charge in [-0.15, -0.1) is 0 Å². The van der Waals surface area contributed by atoms with E-state index in [0.717, 1.165) is 17.7 Å². The van der Waals surface area contributed by atoms with Crippen molar-refractivity contribution in [1.82, 2.24) is 0 Å². The minimum atomic E-state index is -0.112. The van der Waals surface area contributed by atoms with Gasteiger partial charge in [-0.1, -0.05) is 49.1 Å². The normalized spacial score (nSPS) is 15.7. The maximum atomic E-state index is 12.8. The van der Waals surface area contributed by atoms with Crippen LogP contribution < -0.4 is 14.4 Å². The van der Waals surface area contributed by atoms with Crippen LogP contribution in [0.4, 0.5) is 5.69 Å². The SMILES string of the molecule is CCc1ccc(N2C(=O)C(=Cc3ccc(OC)c(OC)c3)SC2=S)cc1. The first kappa shape index (κ1) is 18.5. The number of carbonyl (C=O) groups is 1. The summed E-state index contributed by atoms with van der Waals surface area (Å²) in [4.78, 5) is 15.0. The Morgan fingerprint density at radius 3 is 2.38 bits per heavy atom. The summed E-state index contributed by atoms with van der Waals surface area (Å²) in [5.41, 5.74) is 2.87. The van der Waals surface area contributed by atoms with E-state index in [1.165, 1.54) is 17.3 Å². The molecule has 1 aliphatic heterocycles. The number of amides is 1. The number of nitrogens with zero attached hydrogens (tertiary/aromatic N) is 1. The zero-order chi connectivity index (χ0) is 18.7. The van der Waals surface area contributed by atoms with Crippen LogP contribution in [-0.2, 0) is 11.2 Å². The van der Waals surface area contributed by atoms with Crippen LogP contribution in [0.25, 0.3) is 6.08 Å². The van der Waals surface area contributed by atoms with Crippen LogP contribution in [0, 0.1) is 0 Å². The summed E-state index contributed by atoms with van der Waals surface area (Å²) >= 11 is 6.73. The average Bonchev–Trinajstić information content (AvgIpc) is 2.95. The van der Waals surface area contributed by atoms with E-state index in [9.17, 15) is 4.79 Å². The van der Waals surface area contributed by atoms with E-state index >= 15 is 0 Å². The molecule has 0 bridgehead atoms. The van der Waals surface area contributed by atoms with E-state index < -0.39 is 0 Å². The maximum absolute atomic E-state index is 12.8. The lowest BCUT2D eigenvalue weighted by atomic mass is 10.1. The van der Waals surface area contributed by atoms with Gasteiger partial charge in [0.05, 0.1) is 24.8 Å². The minimum Gasteiger partial charge on any atom is -0.493 e. The first-order chi connectivity index (χ1) is 12.6. The minimum absolute atomic E-state index is 0.112. The first-order valence-electron chi connectivity index (χ1n) is 8.16. The summed E-state index contributed by atoms with van der Waals surface area (Å²) in [6.07, 6.45) is 2.78. The lowest BCUT2D eigenvalue weighted by molar-refractivity contribution is -0.113. The summed E-state index contributed by atoms with van der Waals surface area (Å²) in [5, 5.41) is 0. The molecule has 1 fully saturated rings. The molecule has 2 aromatic carbocycles. The fourth-order valence-electron chi connectivity index (χ4n) is 2.67. The van der Waals surface area contributed by atoms with Crippen LogP contribution in [0.2, 0.25) is 0 Å². The number of thiocarbonyl (C=S) groups is 1. The molecule has 1 heterocycles. The highest BCUT2D eigenvalue weighted by Crippen LogP contribution is 2.37. The average molecular weight is 386 g/mol. The van der Waals surface area contributed by atoms with Crippen LogP contribution in [0.15, 0.2) is 47.4 Å². The van der Waals surface area contributed by atoms with E-state index in [1.54, 1.807) is 19.1 Å². The Kier molecular flexibility index (Phi) is 5.64. The standard InChI is InChI=1S/C20H19NO3S2/c1-4-13-5-8-15(9-6-13)21-19(22)18(26-20(21)25)12-14-7-10-16(23-2)17(11-14)24-3/h5-12H,4H2,1-3H3. The second kappa shape index (κ2) is 7.93. The predicted octanol–water partition coefficient (Wildman–Crippen LogP) is 4.67. The summed E-state index contributed by atoms with van der Waals surface area (Å²) in [6, 6.07) is 13.4. The van der Waals surface area contributed by atoms with Crippen molar-refractivity contribution in [3.8, 4) is 11.5 Å². The number of benzene rings is 2. The molecule has 2 aromatic rings. The van der Waals surface area contributed by atoms with E-state index in [4.69, 9.17) is 21.7 Å². The van der Waals surface area contributed by atoms with Crippen molar-refractivity contribution in [3.05, 3.63) is 58.5 Å². The predicted molar refractivity (Wildman–Crippen MR) is 111 cm³/mol. The van der Waals surface area contributed by atoms with Gasteiger partial charge in [-0.25, -0.2) is 0 Å². The highest BCUT2D eigenvalue weighted by atomic mass is 32.2. The highest BCUT2D eigenvalue weighted by Gasteiger charge is 2.33. The molecule has 3 rings (SSSR count). The lowest BCUT2D eigenvalue weighted by Gasteiger charge is -2.14. The molecule has 26 heavy (non-hydrogen) atoms.